The van der Waals surface area contributed by atoms with Crippen LogP contribution in [0.5, 0.6) is 5.75 Å². The molecule has 1 aliphatic rings. The lowest BCUT2D eigenvalue weighted by Crippen LogP contribution is -2.27. The number of rotatable bonds is 6. The number of nitrogens with one attached hydrogen (secondary N) is 1. The third-order valence-corrected chi connectivity index (χ3v) is 7.07. The van der Waals surface area contributed by atoms with Crippen LogP contribution < -0.4 is 15.0 Å². The van der Waals surface area contributed by atoms with E-state index in [0.717, 1.165) is 22.1 Å². The first-order valence-electron chi connectivity index (χ1n) is 11.5. The number of thioether (sulfide) groups is 1. The van der Waals surface area contributed by atoms with Gasteiger partial charge in [-0.1, -0.05) is 60.4 Å². The zero-order valence-electron chi connectivity index (χ0n) is 19.7. The summed E-state index contributed by atoms with van der Waals surface area (Å²) < 4.78 is 19.3. The average Bonchev–Trinajstić information content (AvgIpc) is 3.19. The Bertz CT molecular complexity index is 1570. The molecule has 1 saturated heterocycles. The van der Waals surface area contributed by atoms with Crippen molar-refractivity contribution in [3.8, 4) is 5.75 Å². The Hall–Kier alpha value is -4.01. The van der Waals surface area contributed by atoms with Gasteiger partial charge in [0.05, 0.1) is 17.2 Å². The van der Waals surface area contributed by atoms with Gasteiger partial charge in [-0.25, -0.2) is 4.39 Å². The van der Waals surface area contributed by atoms with Gasteiger partial charge >= 0.3 is 0 Å². The summed E-state index contributed by atoms with van der Waals surface area (Å²) in [6, 6.07) is 23.9. The highest BCUT2D eigenvalue weighted by Crippen LogP contribution is 2.38. The highest BCUT2D eigenvalue weighted by atomic mass is 32.2. The number of carbonyl (C=O) groups excluding carboxylic acids is 2. The molecule has 5 nitrogen and oxygen atoms in total. The maximum absolute atomic E-state index is 13.4. The minimum absolute atomic E-state index is 0.260. The molecule has 4 aromatic carbocycles. The predicted molar refractivity (Wildman–Crippen MR) is 152 cm³/mol. The van der Waals surface area contributed by atoms with Crippen molar-refractivity contribution >= 4 is 68.3 Å². The van der Waals surface area contributed by atoms with Gasteiger partial charge in [0.25, 0.3) is 11.8 Å². The van der Waals surface area contributed by atoms with Crippen LogP contribution >= 0.6 is 24.0 Å². The Labute approximate surface area is 222 Å². The van der Waals surface area contributed by atoms with E-state index in [1.54, 1.807) is 24.3 Å². The van der Waals surface area contributed by atoms with Gasteiger partial charge in [-0.05, 0) is 72.5 Å². The van der Waals surface area contributed by atoms with E-state index in [4.69, 9.17) is 17.0 Å². The van der Waals surface area contributed by atoms with Crippen molar-refractivity contribution in [3.05, 3.63) is 107 Å². The van der Waals surface area contributed by atoms with Crippen LogP contribution in [0.3, 0.4) is 0 Å². The zero-order valence-corrected chi connectivity index (χ0v) is 21.4. The molecule has 0 radical (unpaired) electrons. The summed E-state index contributed by atoms with van der Waals surface area (Å²) in [5.41, 5.74) is 2.19. The van der Waals surface area contributed by atoms with Crippen molar-refractivity contribution in [1.29, 1.82) is 0 Å². The maximum atomic E-state index is 13.4. The van der Waals surface area contributed by atoms with Crippen molar-refractivity contribution < 1.29 is 18.7 Å². The van der Waals surface area contributed by atoms with Crippen LogP contribution in [0.15, 0.2) is 89.8 Å². The number of amides is 2. The fourth-order valence-electron chi connectivity index (χ4n) is 4.06. The van der Waals surface area contributed by atoms with Crippen LogP contribution in [0.2, 0.25) is 0 Å². The van der Waals surface area contributed by atoms with E-state index in [1.165, 1.54) is 40.9 Å². The summed E-state index contributed by atoms with van der Waals surface area (Å²) in [4.78, 5) is 28.1. The maximum Gasteiger partial charge on any atom is 0.270 e. The molecule has 0 spiro atoms. The number of thiocarbonyl (C=S) groups is 1. The molecule has 1 fully saturated rings. The Morgan fingerprint density at radius 1 is 1.03 bits per heavy atom. The zero-order chi connectivity index (χ0) is 25.9. The van der Waals surface area contributed by atoms with E-state index >= 15 is 0 Å². The SMILES string of the molecule is CCOc1ccc(/C=C2/SC(=S)N(c3cccc(C(=O)Nc4ccc(F)cc4)c3)C2=O)c2ccccc12. The lowest BCUT2D eigenvalue weighted by atomic mass is 10.0. The largest absolute Gasteiger partial charge is 0.493 e. The van der Waals surface area contributed by atoms with Crippen LogP contribution in [0.4, 0.5) is 15.8 Å². The molecule has 1 aliphatic heterocycles. The molecule has 5 rings (SSSR count). The molecular weight excluding hydrogens is 507 g/mol. The minimum Gasteiger partial charge on any atom is -0.493 e. The fraction of sp³-hybridized carbons (Fsp3) is 0.0690. The smallest absolute Gasteiger partial charge is 0.270 e. The third-order valence-electron chi connectivity index (χ3n) is 5.77. The van der Waals surface area contributed by atoms with Crippen LogP contribution in [0, 0.1) is 5.82 Å². The summed E-state index contributed by atoms with van der Waals surface area (Å²) in [5.74, 6) is -0.237. The predicted octanol–water partition coefficient (Wildman–Crippen LogP) is 7.04. The average molecular weight is 529 g/mol. The van der Waals surface area contributed by atoms with Gasteiger partial charge in [-0.2, -0.15) is 0 Å². The number of nitrogens with zero attached hydrogens (tertiary/aromatic N) is 1. The highest BCUT2D eigenvalue weighted by Gasteiger charge is 2.33. The number of carbonyl (C=O) groups is 2. The topological polar surface area (TPSA) is 58.6 Å². The van der Waals surface area contributed by atoms with Crippen LogP contribution in [0.25, 0.3) is 16.8 Å². The number of halogens is 1. The first-order valence-corrected chi connectivity index (χ1v) is 12.8. The molecule has 0 unspecified atom stereocenters. The molecule has 1 N–H and O–H groups in total. The van der Waals surface area contributed by atoms with Crippen LogP contribution in [0.1, 0.15) is 22.8 Å². The normalized spacial score (nSPS) is 14.4. The summed E-state index contributed by atoms with van der Waals surface area (Å²) >= 11 is 6.76. The molecule has 37 heavy (non-hydrogen) atoms. The third kappa shape index (κ3) is 5.12. The second-order valence-electron chi connectivity index (χ2n) is 8.16. The standard InChI is InChI=1S/C29H21FN2O3S2/c1-2-35-25-15-10-18(23-8-3-4-9-24(23)25)17-26-28(34)32(29(36)37-26)22-7-5-6-19(16-22)27(33)31-21-13-11-20(30)12-14-21/h3-17H,2H2,1H3,(H,31,33)/b26-17+. The van der Waals surface area contributed by atoms with Crippen LogP contribution in [-0.2, 0) is 4.79 Å². The van der Waals surface area contributed by atoms with Crippen molar-refractivity contribution in [3.63, 3.8) is 0 Å². The summed E-state index contributed by atoms with van der Waals surface area (Å²) in [7, 11) is 0. The molecular formula is C29H21FN2O3S2. The fourth-order valence-corrected chi connectivity index (χ4v) is 5.35. The molecule has 0 bridgehead atoms. The van der Waals surface area contributed by atoms with Gasteiger partial charge in [-0.15, -0.1) is 0 Å². The Morgan fingerprint density at radius 2 is 1.78 bits per heavy atom. The van der Waals surface area contributed by atoms with Crippen molar-refractivity contribution in [2.45, 2.75) is 6.92 Å². The summed E-state index contributed by atoms with van der Waals surface area (Å²) in [6.45, 7) is 2.50. The number of ether oxygens (including phenoxy) is 1. The number of hydrogen-bond acceptors (Lipinski definition) is 5. The molecule has 0 aliphatic carbocycles. The summed E-state index contributed by atoms with van der Waals surface area (Å²) in [5, 5.41) is 4.67. The molecule has 1 heterocycles. The van der Waals surface area contributed by atoms with E-state index < -0.39 is 0 Å². The second-order valence-corrected chi connectivity index (χ2v) is 9.84. The molecule has 184 valence electrons. The van der Waals surface area contributed by atoms with Gasteiger partial charge in [-0.3, -0.25) is 14.5 Å². The van der Waals surface area contributed by atoms with E-state index in [-0.39, 0.29) is 17.6 Å². The number of benzene rings is 4. The van der Waals surface area contributed by atoms with E-state index in [0.29, 0.717) is 32.8 Å². The van der Waals surface area contributed by atoms with Gasteiger partial charge in [0, 0.05) is 16.6 Å². The highest BCUT2D eigenvalue weighted by molar-refractivity contribution is 8.27. The first-order chi connectivity index (χ1) is 17.9. The number of hydrogen-bond donors (Lipinski definition) is 1. The van der Waals surface area contributed by atoms with Gasteiger partial charge in [0.1, 0.15) is 11.6 Å². The van der Waals surface area contributed by atoms with E-state index in [9.17, 15) is 14.0 Å². The second kappa shape index (κ2) is 10.5. The molecule has 0 aromatic heterocycles. The molecule has 8 heteroatoms. The number of anilines is 2. The molecule has 0 atom stereocenters. The van der Waals surface area contributed by atoms with Gasteiger partial charge < -0.3 is 10.1 Å². The van der Waals surface area contributed by atoms with Crippen LogP contribution in [-0.4, -0.2) is 22.7 Å². The Kier molecular flexibility index (Phi) is 7.03. The monoisotopic (exact) mass is 528 g/mol. The van der Waals surface area contributed by atoms with Gasteiger partial charge in [0.2, 0.25) is 0 Å². The number of fused-ring (bicyclic) bond motifs is 1. The lowest BCUT2D eigenvalue weighted by Gasteiger charge is -2.15. The summed E-state index contributed by atoms with van der Waals surface area (Å²) in [6.07, 6.45) is 1.84. The quantitative estimate of drug-likeness (QED) is 0.215. The molecule has 0 saturated carbocycles. The molecule has 4 aromatic rings. The van der Waals surface area contributed by atoms with Crippen molar-refractivity contribution in [1.82, 2.24) is 0 Å². The lowest BCUT2D eigenvalue weighted by molar-refractivity contribution is -0.113. The van der Waals surface area contributed by atoms with Crippen molar-refractivity contribution in [2.24, 2.45) is 0 Å². The van der Waals surface area contributed by atoms with Crippen molar-refractivity contribution in [2.75, 3.05) is 16.8 Å². The molecule has 2 amide bonds. The van der Waals surface area contributed by atoms with E-state index in [1.807, 2.05) is 49.4 Å². The van der Waals surface area contributed by atoms with Gasteiger partial charge in [0.15, 0.2) is 4.32 Å². The Morgan fingerprint density at radius 3 is 2.54 bits per heavy atom. The Balaban J connectivity index is 1.42. The van der Waals surface area contributed by atoms with E-state index in [2.05, 4.69) is 5.32 Å². The first kappa shape index (κ1) is 24.7. The minimum atomic E-state index is -0.388.